The highest BCUT2D eigenvalue weighted by atomic mass is 32.2. The van der Waals surface area contributed by atoms with Crippen LogP contribution in [0.5, 0.6) is 11.5 Å². The van der Waals surface area contributed by atoms with Crippen molar-refractivity contribution in [2.24, 2.45) is 0 Å². The summed E-state index contributed by atoms with van der Waals surface area (Å²) in [4.78, 5) is 28.1. The minimum Gasteiger partial charge on any atom is -0.493 e. The number of nitrogens with one attached hydrogen (secondary N) is 1. The highest BCUT2D eigenvalue weighted by Gasteiger charge is 2.12. The lowest BCUT2D eigenvalue weighted by molar-refractivity contribution is 0.355. The Bertz CT molecular complexity index is 1120. The highest BCUT2D eigenvalue weighted by molar-refractivity contribution is 7.98. The van der Waals surface area contributed by atoms with E-state index in [9.17, 15) is 4.79 Å². The van der Waals surface area contributed by atoms with Crippen LogP contribution in [0.3, 0.4) is 0 Å². The number of hydrogen-bond acceptors (Lipinski definition) is 8. The lowest BCUT2D eigenvalue weighted by Gasteiger charge is -2.09. The van der Waals surface area contributed by atoms with Crippen LogP contribution in [-0.2, 0) is 5.75 Å². The van der Waals surface area contributed by atoms with Crippen LogP contribution in [0, 0.1) is 0 Å². The molecule has 0 bridgehead atoms. The van der Waals surface area contributed by atoms with Gasteiger partial charge in [-0.3, -0.25) is 4.79 Å². The molecule has 0 aliphatic rings. The fourth-order valence-corrected chi connectivity index (χ4v) is 3.22. The van der Waals surface area contributed by atoms with E-state index in [1.807, 2.05) is 0 Å². The van der Waals surface area contributed by atoms with Crippen molar-refractivity contribution < 1.29 is 13.9 Å². The van der Waals surface area contributed by atoms with Gasteiger partial charge in [-0.1, -0.05) is 11.8 Å². The van der Waals surface area contributed by atoms with Crippen molar-refractivity contribution in [2.45, 2.75) is 11.0 Å². The minimum atomic E-state index is -0.245. The largest absolute Gasteiger partial charge is 0.493 e. The number of oxazole rings is 1. The normalized spacial score (nSPS) is 11.2. The van der Waals surface area contributed by atoms with Gasteiger partial charge in [-0.05, 0) is 18.2 Å². The second kappa shape index (κ2) is 6.68. The number of aromatic nitrogens is 4. The maximum atomic E-state index is 12.4. The third kappa shape index (κ3) is 2.97. The molecule has 0 saturated carbocycles. The fourth-order valence-electron chi connectivity index (χ4n) is 2.52. The molecule has 8 nitrogen and oxygen atoms in total. The highest BCUT2D eigenvalue weighted by Crippen LogP contribution is 2.30. The molecule has 9 heteroatoms. The van der Waals surface area contributed by atoms with Gasteiger partial charge in [0.25, 0.3) is 10.8 Å². The molecule has 0 aliphatic heterocycles. The van der Waals surface area contributed by atoms with Crippen LogP contribution in [0.25, 0.3) is 22.1 Å². The van der Waals surface area contributed by atoms with Crippen LogP contribution in [0.15, 0.2) is 44.9 Å². The second-order valence-corrected chi connectivity index (χ2v) is 6.26. The van der Waals surface area contributed by atoms with E-state index in [2.05, 4.69) is 19.9 Å². The number of H-pyrrole nitrogens is 1. The first-order valence-corrected chi connectivity index (χ1v) is 8.66. The molecule has 0 spiro atoms. The quantitative estimate of drug-likeness (QED) is 0.535. The zero-order valence-electron chi connectivity index (χ0n) is 14.0. The Labute approximate surface area is 151 Å². The standard InChI is InChI=1S/C17H14N4O4S/c1-23-12-6-9-10(7-13(12)24-2)19-14(20-16(9)22)8-26-17-21-15-11(25-17)4-3-5-18-15/h3-7H,8H2,1-2H3,(H,19,20,22). The van der Waals surface area contributed by atoms with Crippen LogP contribution >= 0.6 is 11.8 Å². The number of benzene rings is 1. The Balaban J connectivity index is 1.64. The molecule has 0 saturated heterocycles. The fraction of sp³-hybridized carbons (Fsp3) is 0.176. The van der Waals surface area contributed by atoms with Crippen molar-refractivity contribution in [3.8, 4) is 11.5 Å². The summed E-state index contributed by atoms with van der Waals surface area (Å²) < 4.78 is 16.1. The molecule has 1 aromatic carbocycles. The van der Waals surface area contributed by atoms with Crippen molar-refractivity contribution in [1.82, 2.24) is 19.9 Å². The monoisotopic (exact) mass is 370 g/mol. The van der Waals surface area contributed by atoms with Gasteiger partial charge in [0, 0.05) is 12.3 Å². The van der Waals surface area contributed by atoms with E-state index in [0.717, 1.165) is 0 Å². The SMILES string of the molecule is COc1cc2nc(CSc3nc4ncccc4o3)[nH]c(=O)c2cc1OC. The summed E-state index contributed by atoms with van der Waals surface area (Å²) in [7, 11) is 3.06. The van der Waals surface area contributed by atoms with E-state index in [1.54, 1.807) is 30.5 Å². The smallest absolute Gasteiger partial charge is 0.258 e. The summed E-state index contributed by atoms with van der Waals surface area (Å²) in [6, 6.07) is 6.88. The number of hydrogen-bond donors (Lipinski definition) is 1. The Hall–Kier alpha value is -3.07. The summed E-state index contributed by atoms with van der Waals surface area (Å²) in [5, 5.41) is 0.899. The molecule has 26 heavy (non-hydrogen) atoms. The number of rotatable bonds is 5. The van der Waals surface area contributed by atoms with Crippen LogP contribution < -0.4 is 15.0 Å². The van der Waals surface area contributed by atoms with Gasteiger partial charge in [-0.2, -0.15) is 4.98 Å². The van der Waals surface area contributed by atoms with Crippen molar-refractivity contribution >= 4 is 33.9 Å². The lowest BCUT2D eigenvalue weighted by Crippen LogP contribution is -2.11. The maximum Gasteiger partial charge on any atom is 0.258 e. The molecule has 3 aromatic heterocycles. The predicted molar refractivity (Wildman–Crippen MR) is 96.8 cm³/mol. The van der Waals surface area contributed by atoms with Crippen molar-refractivity contribution in [2.75, 3.05) is 14.2 Å². The third-order valence-electron chi connectivity index (χ3n) is 3.74. The number of methoxy groups -OCH3 is 2. The lowest BCUT2D eigenvalue weighted by atomic mass is 10.2. The summed E-state index contributed by atoms with van der Waals surface area (Å²) in [5.74, 6) is 1.90. The van der Waals surface area contributed by atoms with Crippen LogP contribution in [0.1, 0.15) is 5.82 Å². The molecule has 0 fully saturated rings. The van der Waals surface area contributed by atoms with Gasteiger partial charge in [0.2, 0.25) is 0 Å². The summed E-state index contributed by atoms with van der Waals surface area (Å²) in [6.07, 6.45) is 1.66. The van der Waals surface area contributed by atoms with Crippen molar-refractivity contribution in [3.05, 3.63) is 46.6 Å². The first kappa shape index (κ1) is 16.4. The van der Waals surface area contributed by atoms with Gasteiger partial charge in [-0.15, -0.1) is 0 Å². The Kier molecular flexibility index (Phi) is 4.21. The number of aromatic amines is 1. The van der Waals surface area contributed by atoms with Crippen molar-refractivity contribution in [3.63, 3.8) is 0 Å². The predicted octanol–water partition coefficient (Wildman–Crippen LogP) is 2.77. The number of nitrogens with zero attached hydrogens (tertiary/aromatic N) is 3. The summed E-state index contributed by atoms with van der Waals surface area (Å²) in [6.45, 7) is 0. The zero-order chi connectivity index (χ0) is 18.1. The summed E-state index contributed by atoms with van der Waals surface area (Å²) in [5.41, 5.74) is 1.45. The van der Waals surface area contributed by atoms with Gasteiger partial charge < -0.3 is 18.9 Å². The number of thioether (sulfide) groups is 1. The molecule has 0 unspecified atom stereocenters. The van der Waals surface area contributed by atoms with Gasteiger partial charge in [-0.25, -0.2) is 9.97 Å². The number of fused-ring (bicyclic) bond motifs is 2. The van der Waals surface area contributed by atoms with E-state index in [1.165, 1.54) is 26.0 Å². The molecule has 4 rings (SSSR count). The average molecular weight is 370 g/mol. The third-order valence-corrected chi connectivity index (χ3v) is 4.58. The molecule has 0 atom stereocenters. The van der Waals surface area contributed by atoms with E-state index in [4.69, 9.17) is 13.9 Å². The van der Waals surface area contributed by atoms with Crippen LogP contribution in [0.4, 0.5) is 0 Å². The molecule has 0 aliphatic carbocycles. The maximum absolute atomic E-state index is 12.4. The van der Waals surface area contributed by atoms with Crippen LogP contribution in [0.2, 0.25) is 0 Å². The molecule has 4 aromatic rings. The molecule has 0 amide bonds. The first-order chi connectivity index (χ1) is 12.7. The van der Waals surface area contributed by atoms with Gasteiger partial charge in [0.05, 0.1) is 30.9 Å². The molecular formula is C17H14N4O4S. The molecular weight excluding hydrogens is 356 g/mol. The van der Waals surface area contributed by atoms with E-state index < -0.39 is 0 Å². The van der Waals surface area contributed by atoms with Gasteiger partial charge >= 0.3 is 0 Å². The van der Waals surface area contributed by atoms with E-state index >= 15 is 0 Å². The van der Waals surface area contributed by atoms with Crippen LogP contribution in [-0.4, -0.2) is 34.2 Å². The van der Waals surface area contributed by atoms with E-state index in [-0.39, 0.29) is 5.56 Å². The first-order valence-electron chi connectivity index (χ1n) is 7.67. The zero-order valence-corrected chi connectivity index (χ0v) is 14.8. The Morgan fingerprint density at radius 1 is 1.19 bits per heavy atom. The second-order valence-electron chi connectivity index (χ2n) is 5.33. The minimum absolute atomic E-state index is 0.245. The molecule has 3 heterocycles. The van der Waals surface area contributed by atoms with Gasteiger partial charge in [0.15, 0.2) is 22.7 Å². The van der Waals surface area contributed by atoms with E-state index in [0.29, 0.717) is 50.4 Å². The average Bonchev–Trinajstić information content (AvgIpc) is 3.08. The van der Waals surface area contributed by atoms with Gasteiger partial charge in [0.1, 0.15) is 5.82 Å². The number of pyridine rings is 1. The molecule has 132 valence electrons. The van der Waals surface area contributed by atoms with Crippen molar-refractivity contribution in [1.29, 1.82) is 0 Å². The molecule has 1 N–H and O–H groups in total. The summed E-state index contributed by atoms with van der Waals surface area (Å²) >= 11 is 1.33. The Morgan fingerprint density at radius 2 is 2.00 bits per heavy atom. The molecule has 0 radical (unpaired) electrons. The Morgan fingerprint density at radius 3 is 2.77 bits per heavy atom. The number of ether oxygens (including phenoxy) is 2. The topological polar surface area (TPSA) is 103 Å².